The van der Waals surface area contributed by atoms with Crippen molar-refractivity contribution in [1.29, 1.82) is 0 Å². The van der Waals surface area contributed by atoms with Crippen LogP contribution in [0.2, 0.25) is 0 Å². The van der Waals surface area contributed by atoms with Crippen LogP contribution in [-0.2, 0) is 0 Å². The third-order valence-electron chi connectivity index (χ3n) is 3.44. The van der Waals surface area contributed by atoms with E-state index < -0.39 is 0 Å². The lowest BCUT2D eigenvalue weighted by molar-refractivity contribution is 0.415. The Morgan fingerprint density at radius 2 is 1.68 bits per heavy atom. The summed E-state index contributed by atoms with van der Waals surface area (Å²) < 4.78 is 10.8. The summed E-state index contributed by atoms with van der Waals surface area (Å²) in [5.41, 5.74) is 8.73. The third kappa shape index (κ3) is 2.29. The fraction of sp³-hybridized carbons (Fsp3) is 0.0556. The molecule has 0 fully saturated rings. The molecule has 1 heterocycles. The minimum absolute atomic E-state index is 0.245. The SMILES string of the molecule is [C-]#[N+]c1c(-c2ccccc2)oc(N)c1-c1ccc(OC)cc1. The molecule has 2 N–H and O–H groups in total. The van der Waals surface area contributed by atoms with Crippen molar-refractivity contribution in [3.8, 4) is 28.2 Å². The molecule has 0 radical (unpaired) electrons. The van der Waals surface area contributed by atoms with E-state index in [1.54, 1.807) is 7.11 Å². The Morgan fingerprint density at radius 1 is 1.00 bits per heavy atom. The highest BCUT2D eigenvalue weighted by molar-refractivity contribution is 5.94. The molecule has 0 amide bonds. The summed E-state index contributed by atoms with van der Waals surface area (Å²) in [5.74, 6) is 1.49. The number of anilines is 1. The first-order chi connectivity index (χ1) is 10.7. The minimum Gasteiger partial charge on any atom is -0.497 e. The van der Waals surface area contributed by atoms with Crippen molar-refractivity contribution in [1.82, 2.24) is 0 Å². The van der Waals surface area contributed by atoms with Crippen LogP contribution in [0.1, 0.15) is 0 Å². The number of furan rings is 1. The van der Waals surface area contributed by atoms with Gasteiger partial charge in [0.05, 0.1) is 19.2 Å². The van der Waals surface area contributed by atoms with Gasteiger partial charge in [-0.3, -0.25) is 0 Å². The Hall–Kier alpha value is -3.19. The molecule has 0 bridgehead atoms. The standard InChI is InChI=1S/C18H14N2O2/c1-20-16-15(12-8-10-14(21-2)11-9-12)18(19)22-17(16)13-6-4-3-5-7-13/h3-11H,19H2,2H3. The minimum atomic E-state index is 0.245. The lowest BCUT2D eigenvalue weighted by Crippen LogP contribution is -1.86. The summed E-state index contributed by atoms with van der Waals surface area (Å²) >= 11 is 0. The summed E-state index contributed by atoms with van der Waals surface area (Å²) in [7, 11) is 1.61. The zero-order chi connectivity index (χ0) is 15.5. The van der Waals surface area contributed by atoms with E-state index in [-0.39, 0.29) is 5.88 Å². The Balaban J connectivity index is 2.16. The molecule has 0 saturated heterocycles. The quantitative estimate of drug-likeness (QED) is 0.708. The Labute approximate surface area is 128 Å². The van der Waals surface area contributed by atoms with Gasteiger partial charge in [-0.1, -0.05) is 42.5 Å². The van der Waals surface area contributed by atoms with Crippen LogP contribution in [0, 0.1) is 6.57 Å². The smallest absolute Gasteiger partial charge is 0.242 e. The molecule has 4 nitrogen and oxygen atoms in total. The molecule has 3 rings (SSSR count). The molecule has 0 saturated carbocycles. The summed E-state index contributed by atoms with van der Waals surface area (Å²) in [4.78, 5) is 3.63. The summed E-state index contributed by atoms with van der Waals surface area (Å²) in [6, 6.07) is 16.9. The second-order valence-corrected chi connectivity index (χ2v) is 4.73. The van der Waals surface area contributed by atoms with Gasteiger partial charge in [0.15, 0.2) is 5.88 Å². The molecule has 108 valence electrons. The largest absolute Gasteiger partial charge is 0.497 e. The molecule has 0 aliphatic heterocycles. The van der Waals surface area contributed by atoms with E-state index in [0.29, 0.717) is 17.0 Å². The topological polar surface area (TPSA) is 52.8 Å². The number of nitrogens with zero attached hydrogens (tertiary/aromatic N) is 1. The van der Waals surface area contributed by atoms with Crippen LogP contribution in [-0.4, -0.2) is 7.11 Å². The van der Waals surface area contributed by atoms with Crippen molar-refractivity contribution in [3.63, 3.8) is 0 Å². The van der Waals surface area contributed by atoms with Crippen molar-refractivity contribution in [3.05, 3.63) is 66.0 Å². The number of nitrogen functional groups attached to an aromatic ring is 1. The first kappa shape index (κ1) is 13.8. The van der Waals surface area contributed by atoms with Crippen molar-refractivity contribution < 1.29 is 9.15 Å². The van der Waals surface area contributed by atoms with Gasteiger partial charge in [-0.15, -0.1) is 0 Å². The Kier molecular flexibility index (Phi) is 3.55. The Bertz CT molecular complexity index is 828. The van der Waals surface area contributed by atoms with E-state index in [1.807, 2.05) is 54.6 Å². The third-order valence-corrected chi connectivity index (χ3v) is 3.44. The molecule has 0 spiro atoms. The summed E-state index contributed by atoms with van der Waals surface area (Å²) in [6.07, 6.45) is 0. The number of ether oxygens (including phenoxy) is 1. The molecule has 1 aromatic heterocycles. The molecule has 22 heavy (non-hydrogen) atoms. The van der Waals surface area contributed by atoms with Crippen molar-refractivity contribution >= 4 is 11.6 Å². The predicted octanol–water partition coefficient (Wildman–Crippen LogP) is 4.76. The van der Waals surface area contributed by atoms with E-state index in [0.717, 1.165) is 16.9 Å². The number of rotatable bonds is 3. The molecule has 2 aromatic carbocycles. The van der Waals surface area contributed by atoms with E-state index in [1.165, 1.54) is 0 Å². The average molecular weight is 290 g/mol. The highest BCUT2D eigenvalue weighted by Crippen LogP contribution is 2.45. The first-order valence-corrected chi connectivity index (χ1v) is 6.74. The van der Waals surface area contributed by atoms with Crippen molar-refractivity contribution in [2.75, 3.05) is 12.8 Å². The zero-order valence-electron chi connectivity index (χ0n) is 12.0. The van der Waals surface area contributed by atoms with E-state index in [9.17, 15) is 0 Å². The number of methoxy groups -OCH3 is 1. The number of nitrogens with two attached hydrogens (primary N) is 1. The van der Waals surface area contributed by atoms with Crippen LogP contribution in [0.5, 0.6) is 5.75 Å². The molecule has 3 aromatic rings. The maximum absolute atomic E-state index is 7.50. The summed E-state index contributed by atoms with van der Waals surface area (Å²) in [5, 5.41) is 0. The molecule has 0 aliphatic carbocycles. The van der Waals surface area contributed by atoms with E-state index >= 15 is 0 Å². The fourth-order valence-corrected chi connectivity index (χ4v) is 2.37. The lowest BCUT2D eigenvalue weighted by Gasteiger charge is -2.03. The van der Waals surface area contributed by atoms with Crippen LogP contribution in [0.3, 0.4) is 0 Å². The second-order valence-electron chi connectivity index (χ2n) is 4.73. The van der Waals surface area contributed by atoms with Gasteiger partial charge < -0.3 is 14.9 Å². The Morgan fingerprint density at radius 3 is 2.27 bits per heavy atom. The maximum Gasteiger partial charge on any atom is 0.242 e. The maximum atomic E-state index is 7.50. The fourth-order valence-electron chi connectivity index (χ4n) is 2.37. The van der Waals surface area contributed by atoms with Crippen LogP contribution < -0.4 is 10.5 Å². The van der Waals surface area contributed by atoms with Crippen LogP contribution in [0.25, 0.3) is 27.3 Å². The van der Waals surface area contributed by atoms with Gasteiger partial charge in [-0.2, -0.15) is 0 Å². The van der Waals surface area contributed by atoms with Gasteiger partial charge in [-0.05, 0) is 17.7 Å². The van der Waals surface area contributed by atoms with Crippen LogP contribution in [0.4, 0.5) is 11.6 Å². The molecule has 4 heteroatoms. The van der Waals surface area contributed by atoms with Crippen molar-refractivity contribution in [2.45, 2.75) is 0 Å². The number of benzene rings is 2. The van der Waals surface area contributed by atoms with Crippen LogP contribution >= 0.6 is 0 Å². The second kappa shape index (κ2) is 5.66. The first-order valence-electron chi connectivity index (χ1n) is 6.74. The molecule has 0 atom stereocenters. The highest BCUT2D eigenvalue weighted by atomic mass is 16.5. The normalized spacial score (nSPS) is 10.2. The van der Waals surface area contributed by atoms with Crippen molar-refractivity contribution in [2.24, 2.45) is 0 Å². The molecule has 0 aliphatic rings. The summed E-state index contributed by atoms with van der Waals surface area (Å²) in [6.45, 7) is 7.50. The van der Waals surface area contributed by atoms with E-state index in [4.69, 9.17) is 21.5 Å². The predicted molar refractivity (Wildman–Crippen MR) is 86.8 cm³/mol. The zero-order valence-corrected chi connectivity index (χ0v) is 12.0. The van der Waals surface area contributed by atoms with Crippen LogP contribution in [0.15, 0.2) is 59.0 Å². The molecule has 0 unspecified atom stereocenters. The van der Waals surface area contributed by atoms with E-state index in [2.05, 4.69) is 4.85 Å². The molecular formula is C18H14N2O2. The van der Waals surface area contributed by atoms with Gasteiger partial charge in [0, 0.05) is 5.56 Å². The van der Waals surface area contributed by atoms with Gasteiger partial charge in [0.25, 0.3) is 0 Å². The molecular weight excluding hydrogens is 276 g/mol. The highest BCUT2D eigenvalue weighted by Gasteiger charge is 2.21. The van der Waals surface area contributed by atoms with Gasteiger partial charge in [-0.25, -0.2) is 4.85 Å². The lowest BCUT2D eigenvalue weighted by atomic mass is 10.0. The monoisotopic (exact) mass is 290 g/mol. The van der Waals surface area contributed by atoms with Gasteiger partial charge >= 0.3 is 0 Å². The average Bonchev–Trinajstić information content (AvgIpc) is 2.92. The number of hydrogen-bond donors (Lipinski definition) is 1. The van der Waals surface area contributed by atoms with Gasteiger partial charge in [0.1, 0.15) is 11.5 Å². The van der Waals surface area contributed by atoms with Gasteiger partial charge in [0.2, 0.25) is 5.69 Å². The number of hydrogen-bond acceptors (Lipinski definition) is 3.